The normalized spacial score (nSPS) is 27.8. The van der Waals surface area contributed by atoms with E-state index < -0.39 is 54.4 Å². The van der Waals surface area contributed by atoms with E-state index in [9.17, 15) is 19.2 Å². The SMILES string of the molecule is C=CCC1O[C@H](COC(C)=O)[C@@H](OC(C)=O)[C@H](OC(C)=O)[C@H]1OC(C)=O. The van der Waals surface area contributed by atoms with Crippen molar-refractivity contribution in [3.63, 3.8) is 0 Å². The summed E-state index contributed by atoms with van der Waals surface area (Å²) in [6, 6.07) is 0. The largest absolute Gasteiger partial charge is 0.463 e. The summed E-state index contributed by atoms with van der Waals surface area (Å²) in [6.07, 6.45) is -3.11. The highest BCUT2D eigenvalue weighted by Gasteiger charge is 2.51. The first-order valence-electron chi connectivity index (χ1n) is 8.07. The summed E-state index contributed by atoms with van der Waals surface area (Å²) in [5, 5.41) is 0. The summed E-state index contributed by atoms with van der Waals surface area (Å²) < 4.78 is 26.6. The van der Waals surface area contributed by atoms with E-state index >= 15 is 0 Å². The molecule has 1 unspecified atom stereocenters. The molecular formula is C17H24O9. The lowest BCUT2D eigenvalue weighted by molar-refractivity contribution is -0.251. The van der Waals surface area contributed by atoms with Crippen LogP contribution >= 0.6 is 0 Å². The molecule has 146 valence electrons. The molecule has 1 aliphatic heterocycles. The maximum atomic E-state index is 11.6. The molecule has 1 saturated heterocycles. The Balaban J connectivity index is 3.24. The van der Waals surface area contributed by atoms with Gasteiger partial charge in [-0.25, -0.2) is 0 Å². The summed E-state index contributed by atoms with van der Waals surface area (Å²) in [6.45, 7) is 8.15. The Bertz CT molecular complexity index is 556. The van der Waals surface area contributed by atoms with Crippen LogP contribution < -0.4 is 0 Å². The molecule has 0 bridgehead atoms. The van der Waals surface area contributed by atoms with Gasteiger partial charge in [-0.1, -0.05) is 6.08 Å². The number of ether oxygens (including phenoxy) is 5. The molecule has 26 heavy (non-hydrogen) atoms. The summed E-state index contributed by atoms with van der Waals surface area (Å²) in [7, 11) is 0. The first-order chi connectivity index (χ1) is 12.1. The van der Waals surface area contributed by atoms with Crippen LogP contribution in [0.3, 0.4) is 0 Å². The number of hydrogen-bond donors (Lipinski definition) is 0. The van der Waals surface area contributed by atoms with E-state index in [0.29, 0.717) is 0 Å². The molecule has 1 aliphatic rings. The maximum absolute atomic E-state index is 11.6. The second-order valence-corrected chi connectivity index (χ2v) is 5.76. The fourth-order valence-corrected chi connectivity index (χ4v) is 2.67. The molecule has 0 N–H and O–H groups in total. The van der Waals surface area contributed by atoms with Crippen molar-refractivity contribution in [2.24, 2.45) is 0 Å². The summed E-state index contributed by atoms with van der Waals surface area (Å²) in [5.41, 5.74) is 0. The van der Waals surface area contributed by atoms with E-state index in [1.807, 2.05) is 0 Å². The molecular weight excluding hydrogens is 348 g/mol. The van der Waals surface area contributed by atoms with Crippen molar-refractivity contribution in [3.8, 4) is 0 Å². The van der Waals surface area contributed by atoms with Crippen molar-refractivity contribution in [2.75, 3.05) is 6.61 Å². The van der Waals surface area contributed by atoms with Gasteiger partial charge in [0.25, 0.3) is 0 Å². The molecule has 0 aromatic heterocycles. The van der Waals surface area contributed by atoms with Crippen LogP contribution in [0.15, 0.2) is 12.7 Å². The maximum Gasteiger partial charge on any atom is 0.303 e. The van der Waals surface area contributed by atoms with Crippen molar-refractivity contribution >= 4 is 23.9 Å². The van der Waals surface area contributed by atoms with Gasteiger partial charge in [-0.2, -0.15) is 0 Å². The second-order valence-electron chi connectivity index (χ2n) is 5.76. The van der Waals surface area contributed by atoms with Gasteiger partial charge in [0.05, 0.1) is 0 Å². The molecule has 1 heterocycles. The fraction of sp³-hybridized carbons (Fsp3) is 0.647. The number of carbonyl (C=O) groups excluding carboxylic acids is 4. The highest BCUT2D eigenvalue weighted by molar-refractivity contribution is 5.68. The zero-order valence-corrected chi connectivity index (χ0v) is 15.3. The zero-order valence-electron chi connectivity index (χ0n) is 15.3. The number of carbonyl (C=O) groups is 4. The molecule has 0 saturated carbocycles. The average molecular weight is 372 g/mol. The van der Waals surface area contributed by atoms with Gasteiger partial charge in [0.2, 0.25) is 0 Å². The van der Waals surface area contributed by atoms with Crippen molar-refractivity contribution in [1.29, 1.82) is 0 Å². The Labute approximate surface area is 151 Å². The van der Waals surface area contributed by atoms with Crippen LogP contribution in [-0.2, 0) is 42.9 Å². The minimum Gasteiger partial charge on any atom is -0.463 e. The molecule has 0 aromatic rings. The summed E-state index contributed by atoms with van der Waals surface area (Å²) >= 11 is 0. The van der Waals surface area contributed by atoms with Crippen LogP contribution in [0.1, 0.15) is 34.1 Å². The van der Waals surface area contributed by atoms with Gasteiger partial charge in [0, 0.05) is 27.7 Å². The van der Waals surface area contributed by atoms with Gasteiger partial charge in [0.15, 0.2) is 18.3 Å². The second kappa shape index (κ2) is 9.91. The van der Waals surface area contributed by atoms with Crippen molar-refractivity contribution in [2.45, 2.75) is 64.6 Å². The third kappa shape index (κ3) is 6.47. The summed E-state index contributed by atoms with van der Waals surface area (Å²) in [4.78, 5) is 45.7. The Morgan fingerprint density at radius 2 is 1.27 bits per heavy atom. The van der Waals surface area contributed by atoms with Crippen molar-refractivity contribution in [1.82, 2.24) is 0 Å². The minimum atomic E-state index is -1.13. The average Bonchev–Trinajstić information content (AvgIpc) is 2.50. The highest BCUT2D eigenvalue weighted by atomic mass is 16.7. The highest BCUT2D eigenvalue weighted by Crippen LogP contribution is 2.30. The van der Waals surface area contributed by atoms with E-state index in [1.54, 1.807) is 6.08 Å². The first-order valence-corrected chi connectivity index (χ1v) is 8.07. The van der Waals surface area contributed by atoms with Crippen molar-refractivity contribution < 1.29 is 42.9 Å². The fourth-order valence-electron chi connectivity index (χ4n) is 2.67. The molecule has 1 fully saturated rings. The zero-order chi connectivity index (χ0) is 19.9. The molecule has 9 heteroatoms. The third-order valence-electron chi connectivity index (χ3n) is 3.49. The standard InChI is InChI=1S/C17H24O9/c1-6-7-13-15(23-10(3)19)17(25-12(5)21)16(24-11(4)20)14(26-13)8-22-9(2)18/h6,13-17H,1,7-8H2,2-5H3/t13?,14-,15+,16-,17-/m1/s1. The van der Waals surface area contributed by atoms with E-state index in [0.717, 1.165) is 0 Å². The van der Waals surface area contributed by atoms with Crippen LogP contribution in [0.2, 0.25) is 0 Å². The number of hydrogen-bond acceptors (Lipinski definition) is 9. The van der Waals surface area contributed by atoms with Gasteiger partial charge in [-0.3, -0.25) is 19.2 Å². The Kier molecular flexibility index (Phi) is 8.24. The van der Waals surface area contributed by atoms with Crippen LogP contribution in [-0.4, -0.2) is 61.0 Å². The lowest BCUT2D eigenvalue weighted by atomic mass is 9.92. The molecule has 0 spiro atoms. The molecule has 0 radical (unpaired) electrons. The Morgan fingerprint density at radius 3 is 1.69 bits per heavy atom. The van der Waals surface area contributed by atoms with Gasteiger partial charge < -0.3 is 23.7 Å². The van der Waals surface area contributed by atoms with Crippen LogP contribution in [0.5, 0.6) is 0 Å². The number of rotatable bonds is 7. The lowest BCUT2D eigenvalue weighted by Crippen LogP contribution is -2.62. The predicted octanol–water partition coefficient (Wildman–Crippen LogP) is 0.688. The predicted molar refractivity (Wildman–Crippen MR) is 86.8 cm³/mol. The Morgan fingerprint density at radius 1 is 0.808 bits per heavy atom. The minimum absolute atomic E-state index is 0.231. The van der Waals surface area contributed by atoms with Crippen LogP contribution in [0, 0.1) is 0 Å². The van der Waals surface area contributed by atoms with Crippen LogP contribution in [0.4, 0.5) is 0 Å². The molecule has 5 atom stereocenters. The quantitative estimate of drug-likeness (QED) is 0.361. The van der Waals surface area contributed by atoms with Gasteiger partial charge in [-0.15, -0.1) is 6.58 Å². The Hall–Kier alpha value is -2.42. The molecule has 0 amide bonds. The topological polar surface area (TPSA) is 114 Å². The molecule has 9 nitrogen and oxygen atoms in total. The third-order valence-corrected chi connectivity index (χ3v) is 3.49. The lowest BCUT2D eigenvalue weighted by Gasteiger charge is -2.44. The smallest absolute Gasteiger partial charge is 0.303 e. The van der Waals surface area contributed by atoms with E-state index in [2.05, 4.69) is 6.58 Å². The van der Waals surface area contributed by atoms with Gasteiger partial charge in [-0.05, 0) is 6.42 Å². The van der Waals surface area contributed by atoms with Crippen molar-refractivity contribution in [3.05, 3.63) is 12.7 Å². The van der Waals surface area contributed by atoms with E-state index in [1.165, 1.54) is 27.7 Å². The van der Waals surface area contributed by atoms with Gasteiger partial charge >= 0.3 is 23.9 Å². The van der Waals surface area contributed by atoms with E-state index in [4.69, 9.17) is 23.7 Å². The number of esters is 4. The molecule has 1 rings (SSSR count). The van der Waals surface area contributed by atoms with Gasteiger partial charge in [0.1, 0.15) is 18.8 Å². The summed E-state index contributed by atoms with van der Waals surface area (Å²) in [5.74, 6) is -2.49. The molecule has 0 aromatic carbocycles. The van der Waals surface area contributed by atoms with E-state index in [-0.39, 0.29) is 13.0 Å². The van der Waals surface area contributed by atoms with Crippen LogP contribution in [0.25, 0.3) is 0 Å². The monoisotopic (exact) mass is 372 g/mol. The first kappa shape index (κ1) is 21.6. The molecule has 0 aliphatic carbocycles.